The van der Waals surface area contributed by atoms with Gasteiger partial charge in [-0.25, -0.2) is 0 Å². The Morgan fingerprint density at radius 3 is 2.25 bits per heavy atom. The van der Waals surface area contributed by atoms with Gasteiger partial charge in [-0.05, 0) is 38.0 Å². The second-order valence-electron chi connectivity index (χ2n) is 4.99. The molecule has 2 bridgehead atoms. The number of carbonyl (C=O) groups excluding carboxylic acids is 2. The number of amides is 2. The first-order chi connectivity index (χ1) is 7.47. The molecule has 2 amide bonds. The van der Waals surface area contributed by atoms with Crippen LogP contribution < -0.4 is 0 Å². The third kappa shape index (κ3) is 0.891. The summed E-state index contributed by atoms with van der Waals surface area (Å²) < 4.78 is -0.490. The molecule has 0 aromatic rings. The molecule has 0 radical (unpaired) electrons. The minimum Gasteiger partial charge on any atom is -0.281 e. The maximum atomic E-state index is 12.3. The van der Waals surface area contributed by atoms with E-state index in [2.05, 4.69) is 31.9 Å². The molecule has 0 N–H and O–H groups in total. The van der Waals surface area contributed by atoms with Crippen molar-refractivity contribution in [2.45, 2.75) is 29.4 Å². The van der Waals surface area contributed by atoms with Crippen LogP contribution in [-0.2, 0) is 9.59 Å². The maximum absolute atomic E-state index is 12.3. The van der Waals surface area contributed by atoms with Crippen LogP contribution >= 0.6 is 31.9 Å². The predicted octanol–water partition coefficient (Wildman–Crippen LogP) is 2.28. The number of β-lactam (4-membered cyclic amide) rings is 2. The van der Waals surface area contributed by atoms with Gasteiger partial charge in [-0.15, -0.1) is 0 Å². The van der Waals surface area contributed by atoms with E-state index in [-0.39, 0.29) is 17.7 Å². The predicted molar refractivity (Wildman–Crippen MR) is 66.2 cm³/mol. The zero-order chi connectivity index (χ0) is 11.7. The standard InChI is InChI=1S/C11H13Br2NO2/c1-2-14-8(15)10(9(14)16)6-3-4-7(5-6)11(10,12)13/h6-7H,2-5H2,1H3. The van der Waals surface area contributed by atoms with Gasteiger partial charge in [0.1, 0.15) is 3.23 Å². The van der Waals surface area contributed by atoms with Gasteiger partial charge in [0.25, 0.3) is 0 Å². The lowest BCUT2D eigenvalue weighted by Crippen LogP contribution is -2.73. The number of imide groups is 1. The number of halogens is 2. The second-order valence-corrected chi connectivity index (χ2v) is 8.56. The Balaban J connectivity index is 2.07. The van der Waals surface area contributed by atoms with Crippen LogP contribution in [-0.4, -0.2) is 26.5 Å². The second kappa shape index (κ2) is 3.10. The highest BCUT2D eigenvalue weighted by Gasteiger charge is 2.79. The lowest BCUT2D eigenvalue weighted by molar-refractivity contribution is -0.181. The Kier molecular flexibility index (Phi) is 2.17. The molecule has 2 aliphatic carbocycles. The van der Waals surface area contributed by atoms with Crippen LogP contribution in [0.15, 0.2) is 0 Å². The van der Waals surface area contributed by atoms with E-state index < -0.39 is 8.65 Å². The van der Waals surface area contributed by atoms with E-state index >= 15 is 0 Å². The number of nitrogens with zero attached hydrogens (tertiary/aromatic N) is 1. The molecule has 16 heavy (non-hydrogen) atoms. The summed E-state index contributed by atoms with van der Waals surface area (Å²) in [6, 6.07) is 0. The number of hydrogen-bond acceptors (Lipinski definition) is 2. The van der Waals surface area contributed by atoms with Gasteiger partial charge >= 0.3 is 0 Å². The SMILES string of the molecule is CCN1C(=O)C2(C1=O)C1CCC(C1)C2(Br)Br. The van der Waals surface area contributed by atoms with Crippen LogP contribution in [0.2, 0.25) is 0 Å². The molecule has 1 heterocycles. The first-order valence-electron chi connectivity index (χ1n) is 5.72. The van der Waals surface area contributed by atoms with Crippen molar-refractivity contribution in [1.82, 2.24) is 4.90 Å². The molecule has 88 valence electrons. The molecule has 2 saturated carbocycles. The minimum atomic E-state index is -0.800. The third-order valence-electron chi connectivity index (χ3n) is 4.56. The highest BCUT2D eigenvalue weighted by Crippen LogP contribution is 2.71. The minimum absolute atomic E-state index is 0.0148. The highest BCUT2D eigenvalue weighted by molar-refractivity contribution is 9.25. The summed E-state index contributed by atoms with van der Waals surface area (Å²) in [7, 11) is 0. The summed E-state index contributed by atoms with van der Waals surface area (Å²) in [6.07, 6.45) is 3.11. The van der Waals surface area contributed by atoms with E-state index in [4.69, 9.17) is 0 Å². The van der Waals surface area contributed by atoms with E-state index in [1.54, 1.807) is 0 Å². The molecule has 3 nitrogen and oxygen atoms in total. The number of likely N-dealkylation sites (tertiary alicyclic amines) is 1. The summed E-state index contributed by atoms with van der Waals surface area (Å²) in [5.41, 5.74) is -0.800. The average molecular weight is 351 g/mol. The van der Waals surface area contributed by atoms with E-state index in [0.717, 1.165) is 19.3 Å². The van der Waals surface area contributed by atoms with E-state index in [1.165, 1.54) is 4.90 Å². The Morgan fingerprint density at radius 1 is 1.25 bits per heavy atom. The van der Waals surface area contributed by atoms with Gasteiger partial charge in [-0.1, -0.05) is 31.9 Å². The zero-order valence-corrected chi connectivity index (χ0v) is 12.2. The van der Waals surface area contributed by atoms with E-state index in [1.807, 2.05) is 6.92 Å². The van der Waals surface area contributed by atoms with Gasteiger partial charge in [0, 0.05) is 6.54 Å². The van der Waals surface area contributed by atoms with Crippen LogP contribution in [0.25, 0.3) is 0 Å². The fraction of sp³-hybridized carbons (Fsp3) is 0.818. The molecule has 2 unspecified atom stereocenters. The molecule has 1 aliphatic heterocycles. The van der Waals surface area contributed by atoms with Crippen molar-refractivity contribution in [3.05, 3.63) is 0 Å². The fourth-order valence-corrected chi connectivity index (χ4v) is 5.93. The van der Waals surface area contributed by atoms with Crippen molar-refractivity contribution in [3.8, 4) is 0 Å². The maximum Gasteiger partial charge on any atom is 0.247 e. The molecule has 3 rings (SSSR count). The van der Waals surface area contributed by atoms with Crippen molar-refractivity contribution in [2.24, 2.45) is 17.3 Å². The summed E-state index contributed by atoms with van der Waals surface area (Å²) in [4.78, 5) is 25.9. The smallest absolute Gasteiger partial charge is 0.247 e. The molecule has 0 aromatic heterocycles. The van der Waals surface area contributed by atoms with Crippen molar-refractivity contribution in [1.29, 1.82) is 0 Å². The Hall–Kier alpha value is 0.1000. The lowest BCUT2D eigenvalue weighted by Gasteiger charge is -2.54. The Morgan fingerprint density at radius 2 is 1.81 bits per heavy atom. The topological polar surface area (TPSA) is 37.4 Å². The van der Waals surface area contributed by atoms with Crippen LogP contribution in [0.5, 0.6) is 0 Å². The summed E-state index contributed by atoms with van der Waals surface area (Å²) in [5.74, 6) is 0.672. The molecule has 3 fully saturated rings. The fourth-order valence-electron chi connectivity index (χ4n) is 3.78. The van der Waals surface area contributed by atoms with Crippen molar-refractivity contribution in [2.75, 3.05) is 6.54 Å². The van der Waals surface area contributed by atoms with Crippen molar-refractivity contribution >= 4 is 43.7 Å². The molecule has 3 aliphatic rings. The monoisotopic (exact) mass is 349 g/mol. The molecule has 2 atom stereocenters. The largest absolute Gasteiger partial charge is 0.281 e. The highest BCUT2D eigenvalue weighted by atomic mass is 79.9. The molecule has 1 spiro atoms. The summed E-state index contributed by atoms with van der Waals surface area (Å²) in [5, 5.41) is 0. The Labute approximate surface area is 111 Å². The number of alkyl halides is 2. The van der Waals surface area contributed by atoms with E-state index in [9.17, 15) is 9.59 Å². The van der Waals surface area contributed by atoms with Gasteiger partial charge in [0.2, 0.25) is 11.8 Å². The summed E-state index contributed by atoms with van der Waals surface area (Å²) >= 11 is 7.24. The number of hydrogen-bond donors (Lipinski definition) is 0. The van der Waals surface area contributed by atoms with Gasteiger partial charge in [-0.2, -0.15) is 0 Å². The van der Waals surface area contributed by atoms with Gasteiger partial charge in [-0.3, -0.25) is 14.5 Å². The zero-order valence-electron chi connectivity index (χ0n) is 9.00. The third-order valence-corrected chi connectivity index (χ3v) is 7.11. The van der Waals surface area contributed by atoms with Gasteiger partial charge in [0.15, 0.2) is 5.41 Å². The lowest BCUT2D eigenvalue weighted by atomic mass is 9.65. The first kappa shape index (κ1) is 11.2. The number of fused-ring (bicyclic) bond motifs is 3. The Bertz CT molecular complexity index is 377. The normalized spacial score (nSPS) is 38.3. The molecule has 1 saturated heterocycles. The molecular formula is C11H13Br2NO2. The van der Waals surface area contributed by atoms with Crippen molar-refractivity contribution in [3.63, 3.8) is 0 Å². The molecule has 5 heteroatoms. The summed E-state index contributed by atoms with van der Waals surface area (Å²) in [6.45, 7) is 2.34. The average Bonchev–Trinajstić information content (AvgIpc) is 2.76. The quantitative estimate of drug-likeness (QED) is 0.413. The number of carbonyl (C=O) groups is 2. The molecule has 0 aromatic carbocycles. The van der Waals surface area contributed by atoms with E-state index in [0.29, 0.717) is 12.5 Å². The van der Waals surface area contributed by atoms with Gasteiger partial charge in [0.05, 0.1) is 0 Å². The van der Waals surface area contributed by atoms with Crippen LogP contribution in [0.3, 0.4) is 0 Å². The molecular weight excluding hydrogens is 338 g/mol. The first-order valence-corrected chi connectivity index (χ1v) is 7.30. The van der Waals surface area contributed by atoms with Crippen LogP contribution in [0.1, 0.15) is 26.2 Å². The van der Waals surface area contributed by atoms with Crippen molar-refractivity contribution < 1.29 is 9.59 Å². The van der Waals surface area contributed by atoms with Gasteiger partial charge < -0.3 is 0 Å². The van der Waals surface area contributed by atoms with Crippen LogP contribution in [0, 0.1) is 17.3 Å². The van der Waals surface area contributed by atoms with Crippen LogP contribution in [0.4, 0.5) is 0 Å². The number of rotatable bonds is 1.